The van der Waals surface area contributed by atoms with E-state index in [9.17, 15) is 14.7 Å². The Morgan fingerprint density at radius 1 is 1.28 bits per heavy atom. The zero-order valence-electron chi connectivity index (χ0n) is 13.9. The third-order valence-corrected chi connectivity index (χ3v) is 3.61. The number of hydrogen-bond donors (Lipinski definition) is 6. The van der Waals surface area contributed by atoms with Crippen LogP contribution in [0.25, 0.3) is 0 Å². The van der Waals surface area contributed by atoms with E-state index in [2.05, 4.69) is 15.8 Å². The molecule has 0 bridgehead atoms. The molecule has 0 radical (unpaired) electrons. The van der Waals surface area contributed by atoms with Crippen molar-refractivity contribution >= 4 is 18.2 Å². The lowest BCUT2D eigenvalue weighted by Crippen LogP contribution is -2.47. The number of nitrogens with one attached hydrogen (secondary N) is 2. The van der Waals surface area contributed by atoms with E-state index in [1.54, 1.807) is 12.1 Å². The molecule has 138 valence electrons. The molecule has 1 aromatic rings. The Bertz CT molecular complexity index is 576. The number of primary amides is 1. The number of phenolic OH excluding ortho intramolecular Hbond substituents is 1. The van der Waals surface area contributed by atoms with E-state index < -0.39 is 23.9 Å². The smallest absolute Gasteiger partial charge is 0.240 e. The van der Waals surface area contributed by atoms with Gasteiger partial charge in [-0.25, -0.2) is 5.48 Å². The molecule has 9 heteroatoms. The highest BCUT2D eigenvalue weighted by Gasteiger charge is 2.21. The van der Waals surface area contributed by atoms with Gasteiger partial charge in [-0.3, -0.25) is 14.6 Å². The number of phenols is 1. The molecule has 0 aromatic heterocycles. The standard InChI is InChI=1S/C16H25N5O4/c17-10-19-7-1-2-12(21-25)9-15(23)20-14(16(18)24)8-11-3-5-13(22)6-4-11/h3-6,10,12,14,21-22,25H,1-2,7-9H2,(H2,17,19)(H2,18,24)(H,20,23). The summed E-state index contributed by atoms with van der Waals surface area (Å²) in [4.78, 5) is 27.5. The molecule has 2 unspecified atom stereocenters. The van der Waals surface area contributed by atoms with E-state index in [1.807, 2.05) is 0 Å². The summed E-state index contributed by atoms with van der Waals surface area (Å²) in [6.45, 7) is 0.501. The number of nitrogens with zero attached hydrogens (tertiary/aromatic N) is 1. The van der Waals surface area contributed by atoms with Crippen molar-refractivity contribution in [1.29, 1.82) is 0 Å². The Morgan fingerprint density at radius 3 is 2.52 bits per heavy atom. The molecule has 0 aliphatic heterocycles. The first-order valence-corrected chi connectivity index (χ1v) is 7.92. The molecule has 1 rings (SSSR count). The minimum absolute atomic E-state index is 0.0117. The largest absolute Gasteiger partial charge is 0.508 e. The average Bonchev–Trinajstić information content (AvgIpc) is 2.58. The minimum atomic E-state index is -0.877. The first kappa shape index (κ1) is 20.4. The summed E-state index contributed by atoms with van der Waals surface area (Å²) in [6, 6.07) is 4.93. The molecule has 0 aliphatic rings. The van der Waals surface area contributed by atoms with Gasteiger partial charge >= 0.3 is 0 Å². The van der Waals surface area contributed by atoms with Gasteiger partial charge in [0.15, 0.2) is 0 Å². The molecule has 2 amide bonds. The fourth-order valence-corrected chi connectivity index (χ4v) is 2.28. The van der Waals surface area contributed by atoms with E-state index in [0.717, 1.165) is 5.56 Å². The summed E-state index contributed by atoms with van der Waals surface area (Å²) in [5.41, 5.74) is 13.3. The van der Waals surface area contributed by atoms with E-state index in [-0.39, 0.29) is 18.6 Å². The van der Waals surface area contributed by atoms with Gasteiger partial charge in [-0.1, -0.05) is 12.1 Å². The third kappa shape index (κ3) is 8.13. The Labute approximate surface area is 146 Å². The van der Waals surface area contributed by atoms with Crippen molar-refractivity contribution in [2.45, 2.75) is 37.8 Å². The van der Waals surface area contributed by atoms with Crippen molar-refractivity contribution in [3.63, 3.8) is 0 Å². The van der Waals surface area contributed by atoms with E-state index in [4.69, 9.17) is 16.7 Å². The lowest BCUT2D eigenvalue weighted by Gasteiger charge is -2.18. The van der Waals surface area contributed by atoms with Crippen LogP contribution in [-0.2, 0) is 16.0 Å². The van der Waals surface area contributed by atoms with Crippen molar-refractivity contribution in [2.75, 3.05) is 6.54 Å². The Morgan fingerprint density at radius 2 is 1.96 bits per heavy atom. The Hall–Kier alpha value is -2.65. The summed E-state index contributed by atoms with van der Waals surface area (Å²) >= 11 is 0. The maximum atomic E-state index is 12.1. The monoisotopic (exact) mass is 351 g/mol. The second kappa shape index (κ2) is 11.0. The maximum Gasteiger partial charge on any atom is 0.240 e. The fourth-order valence-electron chi connectivity index (χ4n) is 2.28. The first-order valence-electron chi connectivity index (χ1n) is 7.92. The quantitative estimate of drug-likeness (QED) is 0.135. The van der Waals surface area contributed by atoms with Gasteiger partial charge in [0.1, 0.15) is 11.8 Å². The number of nitrogens with two attached hydrogens (primary N) is 2. The summed E-state index contributed by atoms with van der Waals surface area (Å²) in [5, 5.41) is 21.0. The molecule has 9 nitrogen and oxygen atoms in total. The van der Waals surface area contributed by atoms with Crippen LogP contribution in [-0.4, -0.2) is 47.1 Å². The van der Waals surface area contributed by atoms with Crippen LogP contribution >= 0.6 is 0 Å². The summed E-state index contributed by atoms with van der Waals surface area (Å²) in [7, 11) is 0. The van der Waals surface area contributed by atoms with Crippen LogP contribution in [0.3, 0.4) is 0 Å². The van der Waals surface area contributed by atoms with Crippen LogP contribution < -0.4 is 22.3 Å². The normalized spacial score (nSPS) is 13.5. The summed E-state index contributed by atoms with van der Waals surface area (Å²) in [5.74, 6) is -0.956. The molecule has 0 saturated heterocycles. The molecule has 0 saturated carbocycles. The molecule has 0 aliphatic carbocycles. The number of amides is 2. The van der Waals surface area contributed by atoms with Crippen LogP contribution in [0.5, 0.6) is 5.75 Å². The SMILES string of the molecule is NC=NCCCC(CC(=O)NC(Cc1ccc(O)cc1)C(N)=O)NO. The predicted octanol–water partition coefficient (Wildman–Crippen LogP) is -0.590. The van der Waals surface area contributed by atoms with Crippen molar-refractivity contribution in [3.8, 4) is 5.75 Å². The number of aromatic hydroxyl groups is 1. The van der Waals surface area contributed by atoms with E-state index in [0.29, 0.717) is 19.4 Å². The molecular formula is C16H25N5O4. The molecule has 0 spiro atoms. The van der Waals surface area contributed by atoms with Gasteiger partial charge in [0, 0.05) is 25.4 Å². The number of benzene rings is 1. The molecular weight excluding hydrogens is 326 g/mol. The molecule has 0 heterocycles. The van der Waals surface area contributed by atoms with Crippen LogP contribution in [0.15, 0.2) is 29.3 Å². The second-order valence-electron chi connectivity index (χ2n) is 5.62. The second-order valence-corrected chi connectivity index (χ2v) is 5.62. The van der Waals surface area contributed by atoms with Crippen molar-refractivity contribution in [3.05, 3.63) is 29.8 Å². The van der Waals surface area contributed by atoms with Crippen molar-refractivity contribution < 1.29 is 19.9 Å². The first-order chi connectivity index (χ1) is 12.0. The van der Waals surface area contributed by atoms with Crippen LogP contribution in [0.2, 0.25) is 0 Å². The number of carbonyl (C=O) groups is 2. The van der Waals surface area contributed by atoms with Crippen molar-refractivity contribution in [1.82, 2.24) is 10.8 Å². The number of aliphatic imine (C=N–C) groups is 1. The maximum absolute atomic E-state index is 12.1. The van der Waals surface area contributed by atoms with Gasteiger partial charge < -0.3 is 27.1 Å². The summed E-state index contributed by atoms with van der Waals surface area (Å²) < 4.78 is 0. The zero-order valence-corrected chi connectivity index (χ0v) is 13.9. The Balaban J connectivity index is 2.54. The van der Waals surface area contributed by atoms with Crippen LogP contribution in [0.4, 0.5) is 0 Å². The molecule has 8 N–H and O–H groups in total. The van der Waals surface area contributed by atoms with E-state index in [1.165, 1.54) is 18.5 Å². The topological polar surface area (TPSA) is 163 Å². The lowest BCUT2D eigenvalue weighted by molar-refractivity contribution is -0.128. The highest BCUT2D eigenvalue weighted by atomic mass is 16.5. The van der Waals surface area contributed by atoms with Crippen LogP contribution in [0, 0.1) is 0 Å². The lowest BCUT2D eigenvalue weighted by atomic mass is 10.0. The van der Waals surface area contributed by atoms with Gasteiger partial charge in [0.05, 0.1) is 6.34 Å². The molecule has 1 aromatic carbocycles. The third-order valence-electron chi connectivity index (χ3n) is 3.61. The number of rotatable bonds is 11. The van der Waals surface area contributed by atoms with Gasteiger partial charge in [0.2, 0.25) is 11.8 Å². The number of hydrogen-bond acceptors (Lipinski definition) is 6. The average molecular weight is 351 g/mol. The zero-order chi connectivity index (χ0) is 18.7. The fraction of sp³-hybridized carbons (Fsp3) is 0.438. The van der Waals surface area contributed by atoms with E-state index >= 15 is 0 Å². The number of carbonyl (C=O) groups excluding carboxylic acids is 2. The van der Waals surface area contributed by atoms with Gasteiger partial charge in [-0.2, -0.15) is 0 Å². The van der Waals surface area contributed by atoms with Gasteiger partial charge in [-0.05, 0) is 30.5 Å². The number of hydroxylamine groups is 1. The van der Waals surface area contributed by atoms with Gasteiger partial charge in [-0.15, -0.1) is 0 Å². The van der Waals surface area contributed by atoms with Crippen LogP contribution in [0.1, 0.15) is 24.8 Å². The highest BCUT2D eigenvalue weighted by Crippen LogP contribution is 2.11. The molecule has 0 fully saturated rings. The highest BCUT2D eigenvalue weighted by molar-refractivity contribution is 5.87. The Kier molecular flexibility index (Phi) is 8.97. The predicted molar refractivity (Wildman–Crippen MR) is 93.0 cm³/mol. The summed E-state index contributed by atoms with van der Waals surface area (Å²) in [6.07, 6.45) is 2.56. The molecule has 25 heavy (non-hydrogen) atoms. The van der Waals surface area contributed by atoms with Gasteiger partial charge in [0.25, 0.3) is 0 Å². The molecule has 2 atom stereocenters. The minimum Gasteiger partial charge on any atom is -0.508 e. The van der Waals surface area contributed by atoms with Crippen molar-refractivity contribution in [2.24, 2.45) is 16.5 Å².